The molecule has 6 nitrogen and oxygen atoms in total. The van der Waals surface area contributed by atoms with Gasteiger partial charge in [-0.25, -0.2) is 13.4 Å². The Morgan fingerprint density at radius 1 is 1.33 bits per heavy atom. The predicted octanol–water partition coefficient (Wildman–Crippen LogP) is 2.14. The molecule has 0 saturated carbocycles. The van der Waals surface area contributed by atoms with Crippen molar-refractivity contribution in [1.29, 1.82) is 0 Å². The molecule has 3 rings (SSSR count). The van der Waals surface area contributed by atoms with E-state index in [0.717, 1.165) is 5.13 Å². The van der Waals surface area contributed by atoms with Crippen LogP contribution in [0.15, 0.2) is 24.5 Å². The number of likely N-dealkylation sites (tertiary alicyclic amines) is 1. The van der Waals surface area contributed by atoms with Crippen molar-refractivity contribution in [2.75, 3.05) is 18.8 Å². The van der Waals surface area contributed by atoms with Crippen LogP contribution in [0.4, 0.5) is 0 Å². The Morgan fingerprint density at radius 3 is 2.54 bits per heavy atom. The highest BCUT2D eigenvalue weighted by atomic mass is 32.2. The molecule has 1 saturated heterocycles. The van der Waals surface area contributed by atoms with Gasteiger partial charge in [0, 0.05) is 25.5 Å². The molecule has 0 atom stereocenters. The third-order valence-corrected chi connectivity index (χ3v) is 7.62. The number of sulfone groups is 1. The monoisotopic (exact) mass is 367 g/mol. The number of hydrogen-bond acceptors (Lipinski definition) is 5. The largest absolute Gasteiger partial charge is 0.335 e. The lowest BCUT2D eigenvalue weighted by atomic mass is 10.2. The van der Waals surface area contributed by atoms with Gasteiger partial charge < -0.3 is 9.47 Å². The van der Waals surface area contributed by atoms with Crippen molar-refractivity contribution in [3.8, 4) is 5.13 Å². The standard InChI is InChI=1S/C16H21N3O3S2/c1-11(2)10-24(21,22)13-8-19(9-13)15(20)14-12(3)17-16(23-14)18-6-4-5-7-18/h4-7,11,13H,8-10H2,1-3H3. The lowest BCUT2D eigenvalue weighted by Crippen LogP contribution is -2.57. The lowest BCUT2D eigenvalue weighted by Gasteiger charge is -2.38. The third kappa shape index (κ3) is 3.25. The normalized spacial score (nSPS) is 15.8. The quantitative estimate of drug-likeness (QED) is 0.812. The summed E-state index contributed by atoms with van der Waals surface area (Å²) in [7, 11) is -3.12. The van der Waals surface area contributed by atoms with Gasteiger partial charge in [0.05, 0.1) is 16.7 Å². The Kier molecular flexibility index (Phi) is 4.52. The van der Waals surface area contributed by atoms with E-state index in [1.807, 2.05) is 49.9 Å². The molecule has 0 spiro atoms. The van der Waals surface area contributed by atoms with Gasteiger partial charge in [-0.3, -0.25) is 4.79 Å². The number of carbonyl (C=O) groups excluding carboxylic acids is 1. The van der Waals surface area contributed by atoms with E-state index in [-0.39, 0.29) is 30.7 Å². The van der Waals surface area contributed by atoms with Crippen molar-refractivity contribution in [3.63, 3.8) is 0 Å². The van der Waals surface area contributed by atoms with Crippen LogP contribution in [0, 0.1) is 12.8 Å². The summed E-state index contributed by atoms with van der Waals surface area (Å²) in [4.78, 5) is 19.2. The first-order chi connectivity index (χ1) is 11.3. The SMILES string of the molecule is Cc1nc(-n2cccc2)sc1C(=O)N1CC(S(=O)(=O)CC(C)C)C1. The summed E-state index contributed by atoms with van der Waals surface area (Å²) in [5.74, 6) is 0.156. The van der Waals surface area contributed by atoms with Gasteiger partial charge in [0.2, 0.25) is 0 Å². The molecule has 0 bridgehead atoms. The molecular weight excluding hydrogens is 346 g/mol. The van der Waals surface area contributed by atoms with Gasteiger partial charge in [-0.2, -0.15) is 0 Å². The molecule has 130 valence electrons. The van der Waals surface area contributed by atoms with E-state index in [9.17, 15) is 13.2 Å². The number of amides is 1. The van der Waals surface area contributed by atoms with Gasteiger partial charge in [0.15, 0.2) is 15.0 Å². The van der Waals surface area contributed by atoms with E-state index < -0.39 is 15.1 Å². The van der Waals surface area contributed by atoms with E-state index in [0.29, 0.717) is 10.6 Å². The van der Waals surface area contributed by atoms with Crippen LogP contribution in [0.5, 0.6) is 0 Å². The molecule has 1 aliphatic heterocycles. The summed E-state index contributed by atoms with van der Waals surface area (Å²) in [5, 5.41) is 0.311. The number of aromatic nitrogens is 2. The zero-order valence-corrected chi connectivity index (χ0v) is 15.6. The number of rotatable bonds is 5. The molecule has 24 heavy (non-hydrogen) atoms. The average Bonchev–Trinajstić information content (AvgIpc) is 3.03. The van der Waals surface area contributed by atoms with Crippen molar-refractivity contribution in [2.45, 2.75) is 26.0 Å². The Morgan fingerprint density at radius 2 is 1.96 bits per heavy atom. The Labute approximate surface area is 146 Å². The maximum absolute atomic E-state index is 12.6. The molecule has 0 unspecified atom stereocenters. The topological polar surface area (TPSA) is 72.3 Å². The van der Waals surface area contributed by atoms with E-state index >= 15 is 0 Å². The Balaban J connectivity index is 1.69. The highest BCUT2D eigenvalue weighted by molar-refractivity contribution is 7.92. The first-order valence-corrected chi connectivity index (χ1v) is 10.4. The zero-order chi connectivity index (χ0) is 17.5. The minimum atomic E-state index is -3.12. The van der Waals surface area contributed by atoms with Crippen molar-refractivity contribution in [2.24, 2.45) is 5.92 Å². The van der Waals surface area contributed by atoms with E-state index in [4.69, 9.17) is 0 Å². The minimum Gasteiger partial charge on any atom is -0.335 e. The number of carbonyl (C=O) groups is 1. The van der Waals surface area contributed by atoms with Gasteiger partial charge in [0.25, 0.3) is 5.91 Å². The molecule has 0 N–H and O–H groups in total. The van der Waals surface area contributed by atoms with Gasteiger partial charge in [-0.05, 0) is 25.0 Å². The number of thiazole rings is 1. The summed E-state index contributed by atoms with van der Waals surface area (Å²) in [6.45, 7) is 6.16. The zero-order valence-electron chi connectivity index (χ0n) is 14.0. The molecule has 2 aromatic rings. The molecule has 3 heterocycles. The van der Waals surface area contributed by atoms with Crippen LogP contribution in [0.1, 0.15) is 29.2 Å². The maximum Gasteiger partial charge on any atom is 0.266 e. The van der Waals surface area contributed by atoms with Crippen molar-refractivity contribution >= 4 is 27.1 Å². The highest BCUT2D eigenvalue weighted by Crippen LogP contribution is 2.27. The summed E-state index contributed by atoms with van der Waals surface area (Å²) >= 11 is 1.33. The molecular formula is C16H21N3O3S2. The van der Waals surface area contributed by atoms with Gasteiger partial charge in [0.1, 0.15) is 4.88 Å². The second-order valence-corrected chi connectivity index (χ2v) is 9.86. The number of hydrogen-bond donors (Lipinski definition) is 0. The molecule has 1 amide bonds. The van der Waals surface area contributed by atoms with Crippen LogP contribution in [0.25, 0.3) is 5.13 Å². The van der Waals surface area contributed by atoms with Crippen LogP contribution >= 0.6 is 11.3 Å². The maximum atomic E-state index is 12.6. The molecule has 0 radical (unpaired) electrons. The highest BCUT2D eigenvalue weighted by Gasteiger charge is 2.40. The fourth-order valence-electron chi connectivity index (χ4n) is 2.73. The van der Waals surface area contributed by atoms with Crippen molar-refractivity contribution in [1.82, 2.24) is 14.5 Å². The second-order valence-electron chi connectivity index (χ2n) is 6.56. The van der Waals surface area contributed by atoms with Crippen molar-refractivity contribution < 1.29 is 13.2 Å². The number of aryl methyl sites for hydroxylation is 1. The van der Waals surface area contributed by atoms with Crippen LogP contribution < -0.4 is 0 Å². The average molecular weight is 367 g/mol. The van der Waals surface area contributed by atoms with Crippen LogP contribution in [0.2, 0.25) is 0 Å². The van der Waals surface area contributed by atoms with E-state index in [1.165, 1.54) is 11.3 Å². The van der Waals surface area contributed by atoms with Gasteiger partial charge in [-0.15, -0.1) is 0 Å². The Bertz CT molecular complexity index is 832. The second kappa shape index (κ2) is 6.33. The predicted molar refractivity (Wildman–Crippen MR) is 94.5 cm³/mol. The fraction of sp³-hybridized carbons (Fsp3) is 0.500. The van der Waals surface area contributed by atoms with Gasteiger partial charge >= 0.3 is 0 Å². The summed E-state index contributed by atoms with van der Waals surface area (Å²) in [5.41, 5.74) is 0.683. The summed E-state index contributed by atoms with van der Waals surface area (Å²) in [6.07, 6.45) is 3.76. The van der Waals surface area contributed by atoms with E-state index in [1.54, 1.807) is 4.90 Å². The summed E-state index contributed by atoms with van der Waals surface area (Å²) in [6, 6.07) is 3.80. The first kappa shape index (κ1) is 17.2. The fourth-order valence-corrected chi connectivity index (χ4v) is 5.75. The summed E-state index contributed by atoms with van der Waals surface area (Å²) < 4.78 is 26.3. The Hall–Kier alpha value is -1.67. The lowest BCUT2D eigenvalue weighted by molar-refractivity contribution is 0.0663. The van der Waals surface area contributed by atoms with E-state index in [2.05, 4.69) is 4.98 Å². The minimum absolute atomic E-state index is 0.104. The molecule has 0 aliphatic carbocycles. The van der Waals surface area contributed by atoms with Crippen LogP contribution in [-0.2, 0) is 9.84 Å². The third-order valence-electron chi connectivity index (χ3n) is 4.01. The first-order valence-electron chi connectivity index (χ1n) is 7.89. The molecule has 2 aromatic heterocycles. The van der Waals surface area contributed by atoms with Gasteiger partial charge in [-0.1, -0.05) is 25.2 Å². The molecule has 1 fully saturated rings. The molecule has 8 heteroatoms. The van der Waals surface area contributed by atoms with Crippen LogP contribution in [0.3, 0.4) is 0 Å². The smallest absolute Gasteiger partial charge is 0.266 e. The van der Waals surface area contributed by atoms with Crippen molar-refractivity contribution in [3.05, 3.63) is 35.1 Å². The van der Waals surface area contributed by atoms with Crippen LogP contribution in [-0.4, -0.2) is 52.9 Å². The number of nitrogens with zero attached hydrogens (tertiary/aromatic N) is 3. The molecule has 1 aliphatic rings. The molecule has 0 aromatic carbocycles.